The first-order valence-electron chi connectivity index (χ1n) is 9.01. The molecule has 0 spiro atoms. The third-order valence-electron chi connectivity index (χ3n) is 4.28. The Hall–Kier alpha value is -1.51. The third-order valence-corrected chi connectivity index (χ3v) is 4.28. The lowest BCUT2D eigenvalue weighted by molar-refractivity contribution is -0.114. The highest BCUT2D eigenvalue weighted by Crippen LogP contribution is 2.26. The number of rotatable bonds is 5. The van der Waals surface area contributed by atoms with Crippen LogP contribution in [0.1, 0.15) is 39.2 Å². The molecule has 2 N–H and O–H groups in total. The second-order valence-corrected chi connectivity index (χ2v) is 6.58. The fourth-order valence-electron chi connectivity index (χ4n) is 3.11. The van der Waals surface area contributed by atoms with E-state index in [1.54, 1.807) is 7.11 Å². The zero-order valence-corrected chi connectivity index (χ0v) is 18.5. The van der Waals surface area contributed by atoms with Crippen molar-refractivity contribution in [1.29, 1.82) is 0 Å². The lowest BCUT2D eigenvalue weighted by Crippen LogP contribution is -2.46. The van der Waals surface area contributed by atoms with Crippen LogP contribution in [0.25, 0.3) is 0 Å². The van der Waals surface area contributed by atoms with Crippen molar-refractivity contribution >= 4 is 41.5 Å². The monoisotopic (exact) mass is 474 g/mol. The molecule has 1 heterocycles. The maximum absolute atomic E-state index is 11.4. The van der Waals surface area contributed by atoms with Crippen molar-refractivity contribution < 1.29 is 9.53 Å². The van der Waals surface area contributed by atoms with E-state index in [1.807, 2.05) is 18.2 Å². The van der Waals surface area contributed by atoms with Crippen molar-refractivity contribution in [2.24, 2.45) is 10.9 Å². The van der Waals surface area contributed by atoms with Crippen molar-refractivity contribution in [3.8, 4) is 5.75 Å². The quantitative estimate of drug-likeness (QED) is 0.390. The van der Waals surface area contributed by atoms with Crippen molar-refractivity contribution in [3.05, 3.63) is 23.8 Å². The van der Waals surface area contributed by atoms with Gasteiger partial charge in [-0.1, -0.05) is 13.0 Å². The van der Waals surface area contributed by atoms with E-state index < -0.39 is 0 Å². The van der Waals surface area contributed by atoms with Crippen LogP contribution < -0.4 is 15.4 Å². The number of carbonyl (C=O) groups excluding carboxylic acids is 1. The average Bonchev–Trinajstić information content (AvgIpc) is 2.58. The van der Waals surface area contributed by atoms with Crippen molar-refractivity contribution in [2.45, 2.75) is 40.2 Å². The van der Waals surface area contributed by atoms with Gasteiger partial charge in [0.1, 0.15) is 5.75 Å². The van der Waals surface area contributed by atoms with Gasteiger partial charge >= 0.3 is 0 Å². The van der Waals surface area contributed by atoms with Gasteiger partial charge < -0.3 is 20.3 Å². The van der Waals surface area contributed by atoms with E-state index in [0.29, 0.717) is 23.9 Å². The molecule has 0 aromatic heterocycles. The summed E-state index contributed by atoms with van der Waals surface area (Å²) in [4.78, 5) is 18.5. The largest absolute Gasteiger partial charge is 0.495 e. The Morgan fingerprint density at radius 1 is 1.42 bits per heavy atom. The zero-order chi connectivity index (χ0) is 18.2. The number of carbonyl (C=O) groups is 1. The number of nitrogens with one attached hydrogen (secondary N) is 2. The lowest BCUT2D eigenvalue weighted by Gasteiger charge is -2.33. The first-order valence-corrected chi connectivity index (χ1v) is 9.01. The molecular formula is C19H31IN4O2. The Morgan fingerprint density at radius 3 is 2.81 bits per heavy atom. The number of amides is 1. The summed E-state index contributed by atoms with van der Waals surface area (Å²) < 4.78 is 5.30. The number of hydrogen-bond acceptors (Lipinski definition) is 3. The minimum absolute atomic E-state index is 0. The molecule has 0 bridgehead atoms. The molecule has 1 aromatic rings. The normalized spacial score (nSPS) is 17.3. The summed E-state index contributed by atoms with van der Waals surface area (Å²) in [5, 5.41) is 6.20. The Kier molecular flexibility index (Phi) is 9.75. The molecule has 1 aromatic carbocycles. The predicted octanol–water partition coefficient (Wildman–Crippen LogP) is 3.47. The van der Waals surface area contributed by atoms with Crippen LogP contribution in [-0.2, 0) is 11.3 Å². The number of methoxy groups -OCH3 is 1. The molecule has 1 unspecified atom stereocenters. The van der Waals surface area contributed by atoms with Crippen molar-refractivity contribution in [3.63, 3.8) is 0 Å². The number of ether oxygens (including phenoxy) is 1. The number of benzene rings is 1. The Labute approximate surface area is 173 Å². The number of nitrogens with zero attached hydrogens (tertiary/aromatic N) is 2. The summed E-state index contributed by atoms with van der Waals surface area (Å²) in [6, 6.07) is 5.77. The van der Waals surface area contributed by atoms with Crippen LogP contribution in [0.3, 0.4) is 0 Å². The summed E-state index contributed by atoms with van der Waals surface area (Å²) in [5.41, 5.74) is 1.71. The molecule has 26 heavy (non-hydrogen) atoms. The summed E-state index contributed by atoms with van der Waals surface area (Å²) in [6.07, 6.45) is 2.50. The highest BCUT2D eigenvalue weighted by molar-refractivity contribution is 14.0. The fraction of sp³-hybridized carbons (Fsp3) is 0.579. The zero-order valence-electron chi connectivity index (χ0n) is 16.2. The van der Waals surface area contributed by atoms with E-state index >= 15 is 0 Å². The number of likely N-dealkylation sites (tertiary alicyclic amines) is 1. The van der Waals surface area contributed by atoms with E-state index in [9.17, 15) is 4.79 Å². The highest BCUT2D eigenvalue weighted by atomic mass is 127. The van der Waals surface area contributed by atoms with Crippen LogP contribution >= 0.6 is 24.0 Å². The molecule has 6 nitrogen and oxygen atoms in total. The van der Waals surface area contributed by atoms with Gasteiger partial charge in [0.05, 0.1) is 19.3 Å². The smallest absolute Gasteiger partial charge is 0.221 e. The summed E-state index contributed by atoms with van der Waals surface area (Å²) >= 11 is 0. The van der Waals surface area contributed by atoms with E-state index in [0.717, 1.165) is 31.2 Å². The first kappa shape index (κ1) is 22.5. The van der Waals surface area contributed by atoms with Crippen LogP contribution in [0.4, 0.5) is 5.69 Å². The predicted molar refractivity (Wildman–Crippen MR) is 117 cm³/mol. The van der Waals surface area contributed by atoms with Crippen LogP contribution in [0.2, 0.25) is 0 Å². The van der Waals surface area contributed by atoms with Gasteiger partial charge in [-0.15, -0.1) is 24.0 Å². The fourth-order valence-corrected chi connectivity index (χ4v) is 3.11. The van der Waals surface area contributed by atoms with E-state index in [-0.39, 0.29) is 29.9 Å². The second-order valence-electron chi connectivity index (χ2n) is 6.58. The Bertz CT molecular complexity index is 622. The molecular weight excluding hydrogens is 443 g/mol. The van der Waals surface area contributed by atoms with Crippen LogP contribution in [-0.4, -0.2) is 43.5 Å². The highest BCUT2D eigenvalue weighted by Gasteiger charge is 2.19. The molecule has 1 saturated heterocycles. The van der Waals surface area contributed by atoms with Gasteiger partial charge in [-0.3, -0.25) is 4.79 Å². The third kappa shape index (κ3) is 6.66. The van der Waals surface area contributed by atoms with Gasteiger partial charge in [0.15, 0.2) is 5.96 Å². The molecule has 1 atom stereocenters. The molecule has 1 amide bonds. The second kappa shape index (κ2) is 11.3. The van der Waals surface area contributed by atoms with E-state index in [1.165, 1.54) is 19.8 Å². The summed E-state index contributed by atoms with van der Waals surface area (Å²) in [7, 11) is 1.60. The van der Waals surface area contributed by atoms with Crippen molar-refractivity contribution in [1.82, 2.24) is 10.2 Å². The molecule has 1 aliphatic heterocycles. The Morgan fingerprint density at radius 2 is 2.19 bits per heavy atom. The molecule has 1 aliphatic rings. The number of aliphatic imine (C=N–C) groups is 1. The number of hydrogen-bond donors (Lipinski definition) is 2. The van der Waals surface area contributed by atoms with Gasteiger partial charge in [0.2, 0.25) is 5.91 Å². The average molecular weight is 474 g/mol. The Balaban J connectivity index is 0.00000338. The minimum Gasteiger partial charge on any atom is -0.495 e. The number of halogens is 1. The van der Waals surface area contributed by atoms with E-state index in [2.05, 4.69) is 29.4 Å². The lowest BCUT2D eigenvalue weighted by atomic mass is 10.0. The molecule has 0 radical (unpaired) electrons. The van der Waals surface area contributed by atoms with Crippen LogP contribution in [0.5, 0.6) is 5.75 Å². The topological polar surface area (TPSA) is 66.0 Å². The number of anilines is 1. The maximum atomic E-state index is 11.4. The van der Waals surface area contributed by atoms with Gasteiger partial charge in [-0.05, 0) is 43.4 Å². The molecule has 0 aliphatic carbocycles. The molecule has 0 saturated carbocycles. The molecule has 146 valence electrons. The van der Waals surface area contributed by atoms with Gasteiger partial charge in [0, 0.05) is 26.6 Å². The standard InChI is InChI=1S/C19H30N4O2.HI/c1-5-20-19(23-10-6-7-14(2)13-23)21-12-16-8-9-18(25-4)17(11-16)22-15(3)24;/h8-9,11,14H,5-7,10,12-13H2,1-4H3,(H,20,21)(H,22,24);1H. The molecule has 1 fully saturated rings. The molecule has 7 heteroatoms. The maximum Gasteiger partial charge on any atom is 0.221 e. The van der Waals surface area contributed by atoms with Gasteiger partial charge in [-0.25, -0.2) is 4.99 Å². The van der Waals surface area contributed by atoms with Crippen LogP contribution in [0, 0.1) is 5.92 Å². The van der Waals surface area contributed by atoms with Crippen LogP contribution in [0.15, 0.2) is 23.2 Å². The molecule has 2 rings (SSSR count). The first-order chi connectivity index (χ1) is 12.0. The summed E-state index contributed by atoms with van der Waals surface area (Å²) in [5.74, 6) is 2.20. The number of guanidine groups is 1. The van der Waals surface area contributed by atoms with Gasteiger partial charge in [0.25, 0.3) is 0 Å². The van der Waals surface area contributed by atoms with E-state index in [4.69, 9.17) is 9.73 Å². The minimum atomic E-state index is -0.116. The van der Waals surface area contributed by atoms with Crippen molar-refractivity contribution in [2.75, 3.05) is 32.1 Å². The van der Waals surface area contributed by atoms with Gasteiger partial charge in [-0.2, -0.15) is 0 Å². The summed E-state index contributed by atoms with van der Waals surface area (Å²) in [6.45, 7) is 9.38. The number of piperidine rings is 1. The SMILES string of the molecule is CCNC(=NCc1ccc(OC)c(NC(C)=O)c1)N1CCCC(C)C1.I.